The van der Waals surface area contributed by atoms with Crippen LogP contribution in [0.25, 0.3) is 6.08 Å². The molecule has 1 aromatic rings. The van der Waals surface area contributed by atoms with Gasteiger partial charge in [0.05, 0.1) is 14.2 Å². The average Bonchev–Trinajstić information content (AvgIpc) is 2.38. The van der Waals surface area contributed by atoms with Crippen molar-refractivity contribution in [3.8, 4) is 5.75 Å². The number of benzene rings is 1. The van der Waals surface area contributed by atoms with Crippen molar-refractivity contribution in [1.29, 1.82) is 0 Å². The zero-order valence-electron chi connectivity index (χ0n) is 10.1. The molecular formula is C14H16O3. The first kappa shape index (κ1) is 13.0. The molecule has 0 saturated carbocycles. The molecule has 0 saturated heterocycles. The van der Waals surface area contributed by atoms with Crippen molar-refractivity contribution in [3.05, 3.63) is 48.1 Å². The lowest BCUT2D eigenvalue weighted by Crippen LogP contribution is -2.03. The fourth-order valence-corrected chi connectivity index (χ4v) is 1.39. The molecule has 0 heterocycles. The second kappa shape index (κ2) is 6.53. The highest BCUT2D eigenvalue weighted by Gasteiger charge is 2.07. The van der Waals surface area contributed by atoms with Crippen LogP contribution < -0.4 is 4.74 Å². The fraction of sp³-hybridized carbons (Fsp3) is 0.214. The number of hydrogen-bond donors (Lipinski definition) is 0. The summed E-state index contributed by atoms with van der Waals surface area (Å²) in [5.41, 5.74) is 1.50. The lowest BCUT2D eigenvalue weighted by molar-refractivity contribution is -0.136. The lowest BCUT2D eigenvalue weighted by Gasteiger charge is -2.03. The summed E-state index contributed by atoms with van der Waals surface area (Å²) in [6.45, 7) is 3.62. The fourth-order valence-electron chi connectivity index (χ4n) is 1.39. The Morgan fingerprint density at radius 2 is 1.94 bits per heavy atom. The second-order valence-corrected chi connectivity index (χ2v) is 3.43. The molecule has 0 aliphatic rings. The van der Waals surface area contributed by atoms with Gasteiger partial charge in [-0.25, -0.2) is 4.79 Å². The van der Waals surface area contributed by atoms with E-state index in [2.05, 4.69) is 6.58 Å². The van der Waals surface area contributed by atoms with Gasteiger partial charge in [-0.15, -0.1) is 6.58 Å². The van der Waals surface area contributed by atoms with Gasteiger partial charge >= 0.3 is 5.97 Å². The number of carbonyl (C=O) groups is 1. The van der Waals surface area contributed by atoms with Crippen molar-refractivity contribution in [3.63, 3.8) is 0 Å². The lowest BCUT2D eigenvalue weighted by atomic mass is 10.1. The molecule has 0 spiro atoms. The maximum atomic E-state index is 11.5. The molecule has 90 valence electrons. The first-order valence-electron chi connectivity index (χ1n) is 5.25. The molecule has 0 bridgehead atoms. The van der Waals surface area contributed by atoms with E-state index in [1.165, 1.54) is 7.11 Å². The molecule has 0 amide bonds. The summed E-state index contributed by atoms with van der Waals surface area (Å²) in [7, 11) is 2.98. The minimum Gasteiger partial charge on any atom is -0.497 e. The van der Waals surface area contributed by atoms with Gasteiger partial charge in [0.2, 0.25) is 0 Å². The number of hydrogen-bond acceptors (Lipinski definition) is 3. The van der Waals surface area contributed by atoms with E-state index >= 15 is 0 Å². The third-order valence-corrected chi connectivity index (χ3v) is 2.27. The Labute approximate surface area is 101 Å². The molecular weight excluding hydrogens is 216 g/mol. The monoisotopic (exact) mass is 232 g/mol. The molecule has 0 aliphatic heterocycles. The maximum absolute atomic E-state index is 11.5. The van der Waals surface area contributed by atoms with Gasteiger partial charge in [0.25, 0.3) is 0 Å². The molecule has 3 nitrogen and oxygen atoms in total. The summed E-state index contributed by atoms with van der Waals surface area (Å²) < 4.78 is 9.76. The van der Waals surface area contributed by atoms with E-state index in [4.69, 9.17) is 9.47 Å². The predicted octanol–water partition coefficient (Wildman–Crippen LogP) is 2.83. The topological polar surface area (TPSA) is 35.5 Å². The van der Waals surface area contributed by atoms with Crippen LogP contribution in [0.3, 0.4) is 0 Å². The SMILES string of the molecule is C=CC/C(=C\c1ccc(OC)cc1)C(=O)OC. The van der Waals surface area contributed by atoms with Crippen LogP contribution in [0.15, 0.2) is 42.5 Å². The zero-order valence-corrected chi connectivity index (χ0v) is 10.1. The van der Waals surface area contributed by atoms with Gasteiger partial charge in [-0.3, -0.25) is 0 Å². The molecule has 0 N–H and O–H groups in total. The Bertz CT molecular complexity index is 416. The van der Waals surface area contributed by atoms with Crippen molar-refractivity contribution >= 4 is 12.0 Å². The van der Waals surface area contributed by atoms with Crippen molar-refractivity contribution in [1.82, 2.24) is 0 Å². The van der Waals surface area contributed by atoms with Crippen LogP contribution in [0, 0.1) is 0 Å². The first-order chi connectivity index (χ1) is 8.21. The Balaban J connectivity index is 2.95. The molecule has 0 radical (unpaired) electrons. The van der Waals surface area contributed by atoms with Gasteiger partial charge in [-0.05, 0) is 30.2 Å². The smallest absolute Gasteiger partial charge is 0.334 e. The summed E-state index contributed by atoms with van der Waals surface area (Å²) in [6.07, 6.45) is 3.94. The van der Waals surface area contributed by atoms with Crippen molar-refractivity contribution in [2.75, 3.05) is 14.2 Å². The highest BCUT2D eigenvalue weighted by atomic mass is 16.5. The molecule has 1 rings (SSSR count). The van der Waals surface area contributed by atoms with Gasteiger partial charge in [0, 0.05) is 5.57 Å². The Morgan fingerprint density at radius 3 is 2.41 bits per heavy atom. The summed E-state index contributed by atoms with van der Waals surface area (Å²) >= 11 is 0. The molecule has 0 unspecified atom stereocenters. The van der Waals surface area contributed by atoms with E-state index in [0.717, 1.165) is 11.3 Å². The number of rotatable bonds is 5. The molecule has 0 atom stereocenters. The molecule has 1 aromatic carbocycles. The largest absolute Gasteiger partial charge is 0.497 e. The Morgan fingerprint density at radius 1 is 1.29 bits per heavy atom. The average molecular weight is 232 g/mol. The zero-order chi connectivity index (χ0) is 12.7. The quantitative estimate of drug-likeness (QED) is 0.445. The highest BCUT2D eigenvalue weighted by molar-refractivity contribution is 5.93. The molecule has 0 aromatic heterocycles. The molecule has 0 aliphatic carbocycles. The summed E-state index contributed by atoms with van der Waals surface area (Å²) in [5, 5.41) is 0. The second-order valence-electron chi connectivity index (χ2n) is 3.43. The highest BCUT2D eigenvalue weighted by Crippen LogP contribution is 2.16. The van der Waals surface area contributed by atoms with Gasteiger partial charge in [-0.1, -0.05) is 18.2 Å². The third kappa shape index (κ3) is 3.79. The van der Waals surface area contributed by atoms with Crippen LogP contribution in [0.4, 0.5) is 0 Å². The van der Waals surface area contributed by atoms with Crippen LogP contribution in [-0.2, 0) is 9.53 Å². The van der Waals surface area contributed by atoms with Gasteiger partial charge in [0.1, 0.15) is 5.75 Å². The van der Waals surface area contributed by atoms with Crippen LogP contribution in [-0.4, -0.2) is 20.2 Å². The number of methoxy groups -OCH3 is 2. The maximum Gasteiger partial charge on any atom is 0.334 e. The Kier molecular flexibility index (Phi) is 5.01. The predicted molar refractivity (Wildman–Crippen MR) is 67.8 cm³/mol. The van der Waals surface area contributed by atoms with E-state index in [1.807, 2.05) is 24.3 Å². The van der Waals surface area contributed by atoms with Crippen molar-refractivity contribution in [2.45, 2.75) is 6.42 Å². The van der Waals surface area contributed by atoms with Crippen LogP contribution in [0.5, 0.6) is 5.75 Å². The first-order valence-corrected chi connectivity index (χ1v) is 5.25. The summed E-state index contributed by atoms with van der Waals surface area (Å²) in [5.74, 6) is 0.450. The number of ether oxygens (including phenoxy) is 2. The number of allylic oxidation sites excluding steroid dienone is 1. The normalized spacial score (nSPS) is 10.8. The Hall–Kier alpha value is -2.03. The third-order valence-electron chi connectivity index (χ3n) is 2.27. The van der Waals surface area contributed by atoms with Gasteiger partial charge in [-0.2, -0.15) is 0 Å². The van der Waals surface area contributed by atoms with Crippen molar-refractivity contribution in [2.24, 2.45) is 0 Å². The summed E-state index contributed by atoms with van der Waals surface area (Å²) in [4.78, 5) is 11.5. The minimum atomic E-state index is -0.333. The van der Waals surface area contributed by atoms with E-state index in [1.54, 1.807) is 19.3 Å². The standard InChI is InChI=1S/C14H16O3/c1-4-5-12(14(15)17-3)10-11-6-8-13(16-2)9-7-11/h4,6-10H,1,5H2,2-3H3/b12-10+. The molecule has 0 fully saturated rings. The van der Waals surface area contributed by atoms with Crippen LogP contribution in [0.2, 0.25) is 0 Å². The van der Waals surface area contributed by atoms with Gasteiger partial charge in [0.15, 0.2) is 0 Å². The van der Waals surface area contributed by atoms with E-state index in [9.17, 15) is 4.79 Å². The molecule has 3 heteroatoms. The van der Waals surface area contributed by atoms with E-state index < -0.39 is 0 Å². The van der Waals surface area contributed by atoms with Gasteiger partial charge < -0.3 is 9.47 Å². The number of carbonyl (C=O) groups excluding carboxylic acids is 1. The van der Waals surface area contributed by atoms with E-state index in [-0.39, 0.29) is 5.97 Å². The van der Waals surface area contributed by atoms with E-state index in [0.29, 0.717) is 12.0 Å². The van der Waals surface area contributed by atoms with Crippen LogP contribution >= 0.6 is 0 Å². The minimum absolute atomic E-state index is 0.333. The van der Waals surface area contributed by atoms with Crippen molar-refractivity contribution < 1.29 is 14.3 Å². The summed E-state index contributed by atoms with van der Waals surface area (Å²) in [6, 6.07) is 7.44. The molecule has 17 heavy (non-hydrogen) atoms. The number of esters is 1. The van der Waals surface area contributed by atoms with Crippen LogP contribution in [0.1, 0.15) is 12.0 Å².